The molecule has 4 aromatic rings. The minimum absolute atomic E-state index is 0.154. The van der Waals surface area contributed by atoms with Crippen LogP contribution in [0.3, 0.4) is 0 Å². The zero-order valence-corrected chi connectivity index (χ0v) is 17.0. The molecule has 1 aliphatic rings. The van der Waals surface area contributed by atoms with Crippen LogP contribution in [0.4, 0.5) is 0 Å². The van der Waals surface area contributed by atoms with Crippen LogP contribution >= 0.6 is 0 Å². The average Bonchev–Trinajstić information content (AvgIpc) is 3.44. The third-order valence-corrected chi connectivity index (χ3v) is 5.30. The van der Waals surface area contributed by atoms with Crippen LogP contribution in [0.25, 0.3) is 10.9 Å². The van der Waals surface area contributed by atoms with E-state index >= 15 is 0 Å². The Morgan fingerprint density at radius 2 is 1.91 bits per heavy atom. The van der Waals surface area contributed by atoms with Crippen molar-refractivity contribution < 1.29 is 14.3 Å². The summed E-state index contributed by atoms with van der Waals surface area (Å²) in [7, 11) is 0. The van der Waals surface area contributed by atoms with Gasteiger partial charge in [0.05, 0.1) is 17.8 Å². The molecule has 7 nitrogen and oxygen atoms in total. The maximum Gasteiger partial charge on any atom is 0.271 e. The molecule has 156 valence electrons. The van der Waals surface area contributed by atoms with E-state index in [2.05, 4.69) is 21.2 Å². The minimum atomic E-state index is -0.341. The molecule has 32 heavy (non-hydrogen) atoms. The van der Waals surface area contributed by atoms with E-state index in [1.807, 2.05) is 54.7 Å². The maximum absolute atomic E-state index is 12.5. The average molecular weight is 422 g/mol. The third-order valence-electron chi connectivity index (χ3n) is 5.30. The second-order valence-electron chi connectivity index (χ2n) is 7.27. The lowest BCUT2D eigenvalue weighted by Crippen LogP contribution is -2.17. The fourth-order valence-electron chi connectivity index (χ4n) is 3.72. The maximum atomic E-state index is 12.5. The van der Waals surface area contributed by atoms with Gasteiger partial charge in [0.15, 0.2) is 11.5 Å². The molecule has 0 atom stereocenters. The molecular formula is C25H18N4O3. The fourth-order valence-corrected chi connectivity index (χ4v) is 3.72. The first-order valence-corrected chi connectivity index (χ1v) is 10.0. The summed E-state index contributed by atoms with van der Waals surface area (Å²) in [5.74, 6) is 0.824. The number of aromatic nitrogens is 1. The highest BCUT2D eigenvalue weighted by molar-refractivity contribution is 6.00. The number of carbonyl (C=O) groups excluding carboxylic acids is 1. The summed E-state index contributed by atoms with van der Waals surface area (Å²) in [6, 6.07) is 22.7. The van der Waals surface area contributed by atoms with Crippen molar-refractivity contribution in [2.24, 2.45) is 5.10 Å². The number of hydrogen-bond acceptors (Lipinski definition) is 5. The van der Waals surface area contributed by atoms with Gasteiger partial charge in [-0.25, -0.2) is 5.43 Å². The Labute approximate surface area is 184 Å². The van der Waals surface area contributed by atoms with E-state index in [1.165, 1.54) is 0 Å². The topological polar surface area (TPSA) is 88.6 Å². The molecule has 0 spiro atoms. The van der Waals surface area contributed by atoms with Gasteiger partial charge in [-0.3, -0.25) is 4.79 Å². The van der Waals surface area contributed by atoms with Gasteiger partial charge >= 0.3 is 0 Å². The largest absolute Gasteiger partial charge is 0.454 e. The van der Waals surface area contributed by atoms with Gasteiger partial charge in [0.25, 0.3) is 5.91 Å². The van der Waals surface area contributed by atoms with Crippen LogP contribution in [0.2, 0.25) is 0 Å². The van der Waals surface area contributed by atoms with Crippen LogP contribution in [0.15, 0.2) is 78.0 Å². The number of nitrogens with one attached hydrogen (secondary N) is 1. The number of nitrogens with zero attached hydrogens (tertiary/aromatic N) is 3. The minimum Gasteiger partial charge on any atom is -0.454 e. The standard InChI is InChI=1S/C25H18N4O3/c26-12-18-5-1-2-6-19(18)14-29-15-20(21-7-3-4-8-22(21)29)13-27-28-25(30)17-9-10-23-24(11-17)32-16-31-23/h1-11,13,15H,14,16H2,(H,28,30). The monoisotopic (exact) mass is 422 g/mol. The second kappa shape index (κ2) is 8.28. The van der Waals surface area contributed by atoms with E-state index in [1.54, 1.807) is 24.4 Å². The van der Waals surface area contributed by atoms with Crippen molar-refractivity contribution in [2.75, 3.05) is 6.79 Å². The molecule has 2 heterocycles. The molecule has 0 aliphatic carbocycles. The van der Waals surface area contributed by atoms with Gasteiger partial charge in [0, 0.05) is 34.8 Å². The van der Waals surface area contributed by atoms with Crippen molar-refractivity contribution >= 4 is 23.0 Å². The predicted molar refractivity (Wildman–Crippen MR) is 120 cm³/mol. The number of hydrogen-bond donors (Lipinski definition) is 1. The summed E-state index contributed by atoms with van der Waals surface area (Å²) < 4.78 is 12.7. The number of nitriles is 1. The Morgan fingerprint density at radius 1 is 1.09 bits per heavy atom. The number of carbonyl (C=O) groups is 1. The zero-order chi connectivity index (χ0) is 21.9. The summed E-state index contributed by atoms with van der Waals surface area (Å²) in [5, 5.41) is 14.5. The van der Waals surface area contributed by atoms with Crippen molar-refractivity contribution in [3.05, 3.63) is 95.2 Å². The van der Waals surface area contributed by atoms with Crippen LogP contribution in [-0.2, 0) is 6.54 Å². The second-order valence-corrected chi connectivity index (χ2v) is 7.27. The van der Waals surface area contributed by atoms with Gasteiger partial charge in [0.1, 0.15) is 0 Å². The summed E-state index contributed by atoms with van der Waals surface area (Å²) >= 11 is 0. The lowest BCUT2D eigenvalue weighted by molar-refractivity contribution is 0.0954. The van der Waals surface area contributed by atoms with Crippen molar-refractivity contribution in [1.82, 2.24) is 9.99 Å². The van der Waals surface area contributed by atoms with Crippen molar-refractivity contribution in [3.8, 4) is 17.6 Å². The molecule has 0 saturated heterocycles. The number of para-hydroxylation sites is 1. The first-order valence-electron chi connectivity index (χ1n) is 10.0. The van der Waals surface area contributed by atoms with Crippen molar-refractivity contribution in [3.63, 3.8) is 0 Å². The van der Waals surface area contributed by atoms with Crippen LogP contribution in [-0.4, -0.2) is 23.5 Å². The Balaban J connectivity index is 1.38. The molecule has 1 aromatic heterocycles. The highest BCUT2D eigenvalue weighted by atomic mass is 16.7. The van der Waals surface area contributed by atoms with Crippen LogP contribution in [0.1, 0.15) is 27.0 Å². The van der Waals surface area contributed by atoms with Gasteiger partial charge in [-0.05, 0) is 35.9 Å². The predicted octanol–water partition coefficient (Wildman–Crippen LogP) is 4.05. The summed E-state index contributed by atoms with van der Waals surface area (Å²) in [6.45, 7) is 0.711. The summed E-state index contributed by atoms with van der Waals surface area (Å²) in [5.41, 5.74) is 6.46. The molecule has 1 amide bonds. The van der Waals surface area contributed by atoms with E-state index in [9.17, 15) is 10.1 Å². The number of fused-ring (bicyclic) bond motifs is 2. The van der Waals surface area contributed by atoms with E-state index in [0.29, 0.717) is 29.2 Å². The Bertz CT molecular complexity index is 1400. The van der Waals surface area contributed by atoms with Crippen LogP contribution < -0.4 is 14.9 Å². The number of ether oxygens (including phenoxy) is 2. The molecule has 1 N–H and O–H groups in total. The van der Waals surface area contributed by atoms with Gasteiger partial charge in [-0.2, -0.15) is 10.4 Å². The van der Waals surface area contributed by atoms with Gasteiger partial charge in [-0.1, -0.05) is 36.4 Å². The molecule has 0 saturated carbocycles. The summed E-state index contributed by atoms with van der Waals surface area (Å²) in [4.78, 5) is 12.5. The van der Waals surface area contributed by atoms with Gasteiger partial charge in [-0.15, -0.1) is 0 Å². The third kappa shape index (κ3) is 3.66. The van der Waals surface area contributed by atoms with E-state index in [4.69, 9.17) is 9.47 Å². The van der Waals surface area contributed by atoms with Crippen molar-refractivity contribution in [1.29, 1.82) is 5.26 Å². The van der Waals surface area contributed by atoms with Crippen LogP contribution in [0, 0.1) is 11.3 Å². The summed E-state index contributed by atoms with van der Waals surface area (Å²) in [6.07, 6.45) is 3.59. The fraction of sp³-hybridized carbons (Fsp3) is 0.0800. The molecule has 3 aromatic carbocycles. The number of amides is 1. The normalized spacial score (nSPS) is 12.2. The van der Waals surface area contributed by atoms with Gasteiger partial charge in [0.2, 0.25) is 6.79 Å². The Kier molecular flexibility index (Phi) is 5.02. The van der Waals surface area contributed by atoms with E-state index < -0.39 is 0 Å². The van der Waals surface area contributed by atoms with Crippen LogP contribution in [0.5, 0.6) is 11.5 Å². The highest BCUT2D eigenvalue weighted by Gasteiger charge is 2.16. The lowest BCUT2D eigenvalue weighted by atomic mass is 10.1. The molecule has 1 aliphatic heterocycles. The molecule has 0 bridgehead atoms. The first kappa shape index (κ1) is 19.4. The molecule has 0 fully saturated rings. The smallest absolute Gasteiger partial charge is 0.271 e. The highest BCUT2D eigenvalue weighted by Crippen LogP contribution is 2.32. The number of benzene rings is 3. The quantitative estimate of drug-likeness (QED) is 0.388. The molecule has 5 rings (SSSR count). The lowest BCUT2D eigenvalue weighted by Gasteiger charge is -2.07. The number of rotatable bonds is 5. The molecular weight excluding hydrogens is 404 g/mol. The SMILES string of the molecule is N#Cc1ccccc1Cn1cc(C=NNC(=O)c2ccc3c(c2)OCO3)c2ccccc21. The molecule has 7 heteroatoms. The van der Waals surface area contributed by atoms with Crippen molar-refractivity contribution in [2.45, 2.75) is 6.54 Å². The molecule has 0 radical (unpaired) electrons. The van der Waals surface area contributed by atoms with E-state index in [0.717, 1.165) is 22.0 Å². The Hall–Kier alpha value is -4.57. The van der Waals surface area contributed by atoms with Gasteiger partial charge < -0.3 is 14.0 Å². The molecule has 0 unspecified atom stereocenters. The van der Waals surface area contributed by atoms with E-state index in [-0.39, 0.29) is 12.7 Å². The zero-order valence-electron chi connectivity index (χ0n) is 17.0. The number of hydrazone groups is 1. The Morgan fingerprint density at radius 3 is 2.81 bits per heavy atom. The first-order chi connectivity index (χ1) is 15.7.